The van der Waals surface area contributed by atoms with Crippen LogP contribution in [0.5, 0.6) is 11.9 Å². The molecular formula is C32H38F6N8O2. The average molecular weight is 681 g/mol. The predicted octanol–water partition coefficient (Wildman–Crippen LogP) is 5.01. The van der Waals surface area contributed by atoms with Gasteiger partial charge in [-0.2, -0.15) is 23.1 Å². The molecule has 1 aliphatic carbocycles. The third-order valence-corrected chi connectivity index (χ3v) is 9.96. The van der Waals surface area contributed by atoms with E-state index in [1.54, 1.807) is 4.90 Å². The number of piperidine rings is 1. The summed E-state index contributed by atoms with van der Waals surface area (Å²) in [6.07, 6.45) is -5.69. The summed E-state index contributed by atoms with van der Waals surface area (Å²) in [5.74, 6) is -1.16. The van der Waals surface area contributed by atoms with Crippen molar-refractivity contribution in [2.45, 2.75) is 83.2 Å². The van der Waals surface area contributed by atoms with Gasteiger partial charge < -0.3 is 25.4 Å². The SMILES string of the molecule is CC[C@@H]1CN2c3nc(OCC4(CN5C[C@H](F)C[C@H](F)C5)CC4)nc4c(F)c(-c5cc(N)nc(C)c5C(F)(F)F)nc(c34)O[C@@H](C)[C@@H]2CN1. The van der Waals surface area contributed by atoms with Gasteiger partial charge in [-0.25, -0.2) is 23.1 Å². The normalized spacial score (nSPS) is 26.9. The monoisotopic (exact) mass is 680 g/mol. The molecule has 6 heterocycles. The van der Waals surface area contributed by atoms with Crippen LogP contribution in [0.15, 0.2) is 6.07 Å². The minimum atomic E-state index is -4.89. The highest BCUT2D eigenvalue weighted by Gasteiger charge is 2.47. The van der Waals surface area contributed by atoms with Gasteiger partial charge in [0.15, 0.2) is 5.82 Å². The second kappa shape index (κ2) is 12.0. The van der Waals surface area contributed by atoms with Crippen LogP contribution in [0.3, 0.4) is 0 Å². The fourth-order valence-corrected chi connectivity index (χ4v) is 7.31. The molecule has 3 N–H and O–H groups in total. The highest BCUT2D eigenvalue weighted by molar-refractivity contribution is 5.97. The van der Waals surface area contributed by atoms with Gasteiger partial charge in [-0.1, -0.05) is 6.92 Å². The Hall–Kier alpha value is -3.66. The van der Waals surface area contributed by atoms with Crippen LogP contribution in [0, 0.1) is 18.2 Å². The van der Waals surface area contributed by atoms with Crippen molar-refractivity contribution in [1.29, 1.82) is 0 Å². The Morgan fingerprint density at radius 3 is 2.50 bits per heavy atom. The zero-order chi connectivity index (χ0) is 34.1. The first-order valence-electron chi connectivity index (χ1n) is 16.3. The summed E-state index contributed by atoms with van der Waals surface area (Å²) in [7, 11) is 0. The molecule has 3 aromatic rings. The number of fused-ring (bicyclic) bond motifs is 2. The molecule has 10 nitrogen and oxygen atoms in total. The fourth-order valence-electron chi connectivity index (χ4n) is 7.31. The summed E-state index contributed by atoms with van der Waals surface area (Å²) in [6.45, 7) is 6.82. The van der Waals surface area contributed by atoms with Crippen molar-refractivity contribution in [2.75, 3.05) is 50.0 Å². The van der Waals surface area contributed by atoms with Crippen LogP contribution in [0.25, 0.3) is 22.2 Å². The lowest BCUT2D eigenvalue weighted by molar-refractivity contribution is -0.137. The lowest BCUT2D eigenvalue weighted by atomic mass is 10.0. The van der Waals surface area contributed by atoms with Gasteiger partial charge in [0.2, 0.25) is 5.88 Å². The Labute approximate surface area is 273 Å². The van der Waals surface area contributed by atoms with Gasteiger partial charge in [0.1, 0.15) is 46.7 Å². The van der Waals surface area contributed by atoms with Crippen LogP contribution >= 0.6 is 0 Å². The number of alkyl halides is 5. The first-order chi connectivity index (χ1) is 22.7. The van der Waals surface area contributed by atoms with Crippen LogP contribution in [0.2, 0.25) is 0 Å². The van der Waals surface area contributed by atoms with Gasteiger partial charge >= 0.3 is 12.2 Å². The quantitative estimate of drug-likeness (QED) is 0.330. The van der Waals surface area contributed by atoms with E-state index < -0.39 is 53.0 Å². The number of nitrogens with zero attached hydrogens (tertiary/aromatic N) is 6. The molecule has 2 saturated heterocycles. The molecule has 0 unspecified atom stereocenters. The van der Waals surface area contributed by atoms with Gasteiger partial charge in [-0.3, -0.25) is 4.90 Å². The maximum Gasteiger partial charge on any atom is 0.418 e. The van der Waals surface area contributed by atoms with E-state index in [9.17, 15) is 22.0 Å². The summed E-state index contributed by atoms with van der Waals surface area (Å²) in [6, 6.07) is 0.578. The van der Waals surface area contributed by atoms with Crippen molar-refractivity contribution >= 4 is 22.5 Å². The maximum atomic E-state index is 16.8. The Morgan fingerprint density at radius 2 is 1.83 bits per heavy atom. The Kier molecular flexibility index (Phi) is 8.24. The molecule has 0 spiro atoms. The van der Waals surface area contributed by atoms with E-state index in [0.29, 0.717) is 25.5 Å². The van der Waals surface area contributed by atoms with Gasteiger partial charge in [0.05, 0.1) is 23.9 Å². The Balaban J connectivity index is 1.34. The van der Waals surface area contributed by atoms with E-state index in [1.807, 2.05) is 18.7 Å². The largest absolute Gasteiger partial charge is 0.472 e. The summed E-state index contributed by atoms with van der Waals surface area (Å²) in [5, 5.41) is 3.61. The predicted molar refractivity (Wildman–Crippen MR) is 166 cm³/mol. The lowest BCUT2D eigenvalue weighted by Gasteiger charge is -2.42. The second-order valence-electron chi connectivity index (χ2n) is 13.7. The van der Waals surface area contributed by atoms with E-state index >= 15 is 4.39 Å². The first-order valence-corrected chi connectivity index (χ1v) is 16.3. The molecule has 5 atom stereocenters. The zero-order valence-corrected chi connectivity index (χ0v) is 26.9. The standard InChI is InChI=1S/C32H38F6N8O2/c1-4-19-12-46-21(9-40-19)16(3)48-29-23-27(25(35)26(42-29)20-8-22(39)41-15(2)24(20)32(36,37)38)43-30(44-28(23)46)47-14-31(5-6-31)13-45-10-17(33)7-18(34)11-45/h8,16-19,21,40H,4-7,9-14H2,1-3H3,(H2,39,41)/t16-,17-,18+,19+,21-/m0/s1. The minimum absolute atomic E-state index is 0.0801. The van der Waals surface area contributed by atoms with Crippen LogP contribution in [-0.2, 0) is 6.18 Å². The fraction of sp³-hybridized carbons (Fsp3) is 0.625. The number of halogens is 6. The molecule has 4 aliphatic rings. The number of piperazine rings is 1. The molecule has 7 rings (SSSR count). The molecule has 0 amide bonds. The third kappa shape index (κ3) is 6.05. The molecule has 3 aromatic heterocycles. The lowest BCUT2D eigenvalue weighted by Crippen LogP contribution is -2.60. The van der Waals surface area contributed by atoms with E-state index in [2.05, 4.69) is 20.3 Å². The van der Waals surface area contributed by atoms with Crippen LogP contribution in [0.1, 0.15) is 50.8 Å². The topological polar surface area (TPSA) is 115 Å². The molecule has 16 heteroatoms. The number of aromatic nitrogens is 4. The van der Waals surface area contributed by atoms with E-state index in [4.69, 9.17) is 20.2 Å². The number of aryl methyl sites for hydroxylation is 1. The van der Waals surface area contributed by atoms with Crippen LogP contribution in [0.4, 0.5) is 38.0 Å². The van der Waals surface area contributed by atoms with Crippen molar-refractivity contribution in [2.24, 2.45) is 5.41 Å². The van der Waals surface area contributed by atoms with E-state index in [1.165, 1.54) is 0 Å². The Bertz CT molecular complexity index is 1710. The smallest absolute Gasteiger partial charge is 0.418 e. The summed E-state index contributed by atoms with van der Waals surface area (Å²) < 4.78 is 100. The van der Waals surface area contributed by atoms with E-state index in [0.717, 1.165) is 32.3 Å². The highest BCUT2D eigenvalue weighted by Crippen LogP contribution is 2.48. The third-order valence-electron chi connectivity index (χ3n) is 9.96. The number of nitrogens with one attached hydrogen (secondary N) is 1. The number of anilines is 2. The van der Waals surface area contributed by atoms with Crippen molar-refractivity contribution in [1.82, 2.24) is 30.2 Å². The molecule has 3 fully saturated rings. The molecule has 1 saturated carbocycles. The summed E-state index contributed by atoms with van der Waals surface area (Å²) >= 11 is 0. The number of hydrogen-bond donors (Lipinski definition) is 2. The molecular weight excluding hydrogens is 642 g/mol. The first kappa shape index (κ1) is 32.9. The summed E-state index contributed by atoms with van der Waals surface area (Å²) in [5.41, 5.74) is 2.34. The molecule has 0 bridgehead atoms. The average Bonchev–Trinajstić information content (AvgIpc) is 3.79. The number of rotatable bonds is 7. The Morgan fingerprint density at radius 1 is 1.10 bits per heavy atom. The minimum Gasteiger partial charge on any atom is -0.472 e. The van der Waals surface area contributed by atoms with Gasteiger partial charge in [-0.05, 0) is 39.2 Å². The molecule has 0 radical (unpaired) electrons. The number of likely N-dealkylation sites (tertiary alicyclic amines) is 1. The zero-order valence-electron chi connectivity index (χ0n) is 26.9. The number of nitrogen functional groups attached to an aromatic ring is 1. The number of hydrogen-bond acceptors (Lipinski definition) is 10. The van der Waals surface area contributed by atoms with Crippen LogP contribution < -0.4 is 25.4 Å². The molecule has 0 aromatic carbocycles. The maximum absolute atomic E-state index is 16.8. The highest BCUT2D eigenvalue weighted by atomic mass is 19.4. The van der Waals surface area contributed by atoms with Crippen molar-refractivity contribution in [3.8, 4) is 23.1 Å². The summed E-state index contributed by atoms with van der Waals surface area (Å²) in [4.78, 5) is 21.0. The molecule has 3 aliphatic heterocycles. The van der Waals surface area contributed by atoms with E-state index in [-0.39, 0.29) is 72.2 Å². The molecule has 260 valence electrons. The number of pyridine rings is 2. The number of nitrogens with two attached hydrogens (primary N) is 1. The van der Waals surface area contributed by atoms with Crippen LogP contribution in [-0.4, -0.2) is 94.7 Å². The van der Waals surface area contributed by atoms with Crippen molar-refractivity contribution < 1.29 is 35.8 Å². The van der Waals surface area contributed by atoms with Gasteiger partial charge in [0, 0.05) is 56.2 Å². The molecule has 48 heavy (non-hydrogen) atoms. The second-order valence-corrected chi connectivity index (χ2v) is 13.7. The van der Waals surface area contributed by atoms with Crippen molar-refractivity contribution in [3.63, 3.8) is 0 Å². The van der Waals surface area contributed by atoms with Gasteiger partial charge in [0.25, 0.3) is 0 Å². The van der Waals surface area contributed by atoms with Gasteiger partial charge in [-0.15, -0.1) is 0 Å². The van der Waals surface area contributed by atoms with Crippen molar-refractivity contribution in [3.05, 3.63) is 23.1 Å². The number of ether oxygens (including phenoxy) is 2.